The minimum Gasteiger partial charge on any atom is -0.370 e. The quantitative estimate of drug-likeness (QED) is 0.113. The third-order valence-corrected chi connectivity index (χ3v) is 8.10. The van der Waals surface area contributed by atoms with Crippen LogP contribution in [0.4, 0.5) is 0 Å². The van der Waals surface area contributed by atoms with Crippen LogP contribution in [0.5, 0.6) is 0 Å². The zero-order valence-electron chi connectivity index (χ0n) is 24.7. The van der Waals surface area contributed by atoms with Crippen LogP contribution >= 0.6 is 0 Å². The van der Waals surface area contributed by atoms with Gasteiger partial charge in [0.05, 0.1) is 6.67 Å². The van der Waals surface area contributed by atoms with Crippen LogP contribution in [0.3, 0.4) is 0 Å². The van der Waals surface area contributed by atoms with Crippen molar-refractivity contribution in [3.8, 4) is 0 Å². The maximum absolute atomic E-state index is 13.4. The highest BCUT2D eigenvalue weighted by atomic mass is 16.2. The summed E-state index contributed by atoms with van der Waals surface area (Å²) < 4.78 is 0. The van der Waals surface area contributed by atoms with Crippen LogP contribution in [-0.2, 0) is 9.59 Å². The maximum Gasteiger partial charge on any atom is 0.226 e. The summed E-state index contributed by atoms with van der Waals surface area (Å²) in [4.78, 5) is 35.0. The number of hydrogen-bond donors (Lipinski definition) is 2. The van der Waals surface area contributed by atoms with Gasteiger partial charge in [0, 0.05) is 48.8 Å². The number of guanidine groups is 1. The van der Waals surface area contributed by atoms with Crippen molar-refractivity contribution >= 4 is 17.6 Å². The fraction of sp³-hybridized carbons (Fsp3) is 0.767. The Balaban J connectivity index is 2.73. The molecule has 1 unspecified atom stereocenters. The maximum atomic E-state index is 13.4. The van der Waals surface area contributed by atoms with Crippen LogP contribution in [-0.4, -0.2) is 60.3 Å². The Bertz CT molecular complexity index is 775. The van der Waals surface area contributed by atoms with Gasteiger partial charge in [-0.2, -0.15) is 0 Å². The number of aliphatic imine (C=N–C) groups is 1. The Labute approximate surface area is 227 Å². The second kappa shape index (κ2) is 16.6. The van der Waals surface area contributed by atoms with Gasteiger partial charge in [-0.25, -0.2) is 4.99 Å². The highest BCUT2D eigenvalue weighted by Gasteiger charge is 2.33. The average Bonchev–Trinajstić information content (AvgIpc) is 2.92. The summed E-state index contributed by atoms with van der Waals surface area (Å²) in [5.41, 5.74) is 6.14. The lowest BCUT2D eigenvalue weighted by molar-refractivity contribution is -0.131. The monoisotopic (exact) mass is 517 g/mol. The van der Waals surface area contributed by atoms with E-state index in [0.717, 1.165) is 90.4 Å². The number of carbonyl (C=O) groups is 2. The van der Waals surface area contributed by atoms with Crippen LogP contribution in [0.1, 0.15) is 106 Å². The zero-order valence-corrected chi connectivity index (χ0v) is 24.7. The molecule has 1 saturated heterocycles. The lowest BCUT2D eigenvalue weighted by atomic mass is 9.74. The second-order valence-electron chi connectivity index (χ2n) is 11.2. The van der Waals surface area contributed by atoms with Crippen LogP contribution in [0.15, 0.2) is 29.4 Å². The third kappa shape index (κ3) is 10.3. The summed E-state index contributed by atoms with van der Waals surface area (Å²) in [5, 5.41) is 3.15. The van der Waals surface area contributed by atoms with Crippen molar-refractivity contribution in [2.45, 2.75) is 106 Å². The minimum absolute atomic E-state index is 0.111. The first-order chi connectivity index (χ1) is 17.6. The second-order valence-corrected chi connectivity index (χ2v) is 11.2. The number of amides is 1. The van der Waals surface area contributed by atoms with Crippen molar-refractivity contribution in [1.29, 1.82) is 0 Å². The Kier molecular flexibility index (Phi) is 14.8. The van der Waals surface area contributed by atoms with Crippen molar-refractivity contribution in [3.63, 3.8) is 0 Å². The molecule has 7 nitrogen and oxygen atoms in total. The zero-order chi connectivity index (χ0) is 27.9. The molecule has 0 bridgehead atoms. The molecule has 1 aliphatic heterocycles. The summed E-state index contributed by atoms with van der Waals surface area (Å²) in [6.45, 7) is 20.2. The molecule has 212 valence electrons. The molecule has 0 saturated carbocycles. The molecule has 1 fully saturated rings. The lowest BCUT2D eigenvalue weighted by Crippen LogP contribution is -2.54. The fourth-order valence-corrected chi connectivity index (χ4v) is 4.81. The molecule has 0 aromatic heterocycles. The van der Waals surface area contributed by atoms with E-state index in [2.05, 4.69) is 63.3 Å². The van der Waals surface area contributed by atoms with E-state index in [-0.39, 0.29) is 17.1 Å². The van der Waals surface area contributed by atoms with Crippen molar-refractivity contribution in [1.82, 2.24) is 15.1 Å². The van der Waals surface area contributed by atoms with Gasteiger partial charge >= 0.3 is 0 Å². The molecule has 1 atom stereocenters. The number of unbranched alkanes of at least 4 members (excludes halogenated alkanes) is 3. The van der Waals surface area contributed by atoms with Gasteiger partial charge in [-0.1, -0.05) is 92.7 Å². The first kappa shape index (κ1) is 32.9. The van der Waals surface area contributed by atoms with Gasteiger partial charge in [0.2, 0.25) is 5.91 Å². The number of piperazine rings is 1. The van der Waals surface area contributed by atoms with Gasteiger partial charge in [-0.05, 0) is 25.7 Å². The van der Waals surface area contributed by atoms with Crippen LogP contribution in [0, 0.1) is 10.8 Å². The molecule has 7 heteroatoms. The first-order valence-electron chi connectivity index (χ1n) is 14.6. The standard InChI is InChI=1S/C30H55N5O2/c1-8-13-16-29(6,12-5)27(37)33-24-34-19-21-35(22-20-34)28(31)32-23-25(11-4)26(36)30(7,17-14-9-2)18-15-10-3/h11,23H,4,8-10,12-22,24H2,1-3,5-7H3,(H2,31,32)(H,33,37)/b25-23+. The van der Waals surface area contributed by atoms with E-state index in [9.17, 15) is 9.59 Å². The van der Waals surface area contributed by atoms with Crippen LogP contribution < -0.4 is 11.1 Å². The topological polar surface area (TPSA) is 91.0 Å². The number of Topliss-reactive ketones (excluding diaryl/α,β-unsaturated/α-hetero) is 1. The molecule has 37 heavy (non-hydrogen) atoms. The smallest absolute Gasteiger partial charge is 0.226 e. The van der Waals surface area contributed by atoms with E-state index in [0.29, 0.717) is 18.2 Å². The molecule has 0 spiro atoms. The summed E-state index contributed by atoms with van der Waals surface area (Å²) in [6.07, 6.45) is 13.1. The predicted molar refractivity (Wildman–Crippen MR) is 156 cm³/mol. The Hall–Kier alpha value is -2.15. The van der Waals surface area contributed by atoms with E-state index < -0.39 is 5.41 Å². The molecule has 1 heterocycles. The molecular formula is C30H55N5O2. The molecule has 1 aliphatic rings. The molecule has 0 aliphatic carbocycles. The molecule has 0 radical (unpaired) electrons. The number of rotatable bonds is 17. The van der Waals surface area contributed by atoms with Crippen molar-refractivity contribution in [2.75, 3.05) is 32.8 Å². The van der Waals surface area contributed by atoms with Crippen LogP contribution in [0.2, 0.25) is 0 Å². The van der Waals surface area contributed by atoms with E-state index in [1.807, 2.05) is 4.90 Å². The van der Waals surface area contributed by atoms with Gasteiger partial charge in [-0.15, -0.1) is 0 Å². The number of nitrogens with zero attached hydrogens (tertiary/aromatic N) is 3. The summed E-state index contributed by atoms with van der Waals surface area (Å²) in [5.74, 6) is 0.667. The number of nitrogens with one attached hydrogen (secondary N) is 1. The molecule has 1 rings (SSSR count). The molecule has 0 aromatic carbocycles. The SMILES string of the molecule is C=C/C(=C\N=C(N)N1CCN(CNC(=O)C(C)(CC)CCCC)CC1)C(=O)C(C)(CCCC)CCCC. The van der Waals surface area contributed by atoms with Crippen molar-refractivity contribution < 1.29 is 9.59 Å². The largest absolute Gasteiger partial charge is 0.370 e. The number of allylic oxidation sites excluding steroid dienone is 2. The average molecular weight is 518 g/mol. The Morgan fingerprint density at radius 1 is 0.919 bits per heavy atom. The van der Waals surface area contributed by atoms with Gasteiger partial charge in [0.1, 0.15) is 0 Å². The van der Waals surface area contributed by atoms with Crippen LogP contribution in [0.25, 0.3) is 0 Å². The highest BCUT2D eigenvalue weighted by Crippen LogP contribution is 2.34. The third-order valence-electron chi connectivity index (χ3n) is 8.10. The van der Waals surface area contributed by atoms with Gasteiger partial charge in [0.25, 0.3) is 0 Å². The Morgan fingerprint density at radius 2 is 1.43 bits per heavy atom. The summed E-state index contributed by atoms with van der Waals surface area (Å²) in [6, 6.07) is 0. The number of carbonyl (C=O) groups excluding carboxylic acids is 2. The number of ketones is 1. The number of hydrogen-bond acceptors (Lipinski definition) is 4. The Morgan fingerprint density at radius 3 is 1.89 bits per heavy atom. The summed E-state index contributed by atoms with van der Waals surface area (Å²) >= 11 is 0. The van der Waals surface area contributed by atoms with E-state index in [4.69, 9.17) is 5.73 Å². The van der Waals surface area contributed by atoms with Crippen molar-refractivity contribution in [3.05, 3.63) is 24.4 Å². The molecule has 0 aromatic rings. The van der Waals surface area contributed by atoms with Gasteiger partial charge in [-0.3, -0.25) is 14.5 Å². The molecular weight excluding hydrogens is 462 g/mol. The van der Waals surface area contributed by atoms with E-state index in [1.54, 1.807) is 12.3 Å². The minimum atomic E-state index is -0.392. The van der Waals surface area contributed by atoms with Gasteiger partial charge in [0.15, 0.2) is 11.7 Å². The first-order valence-corrected chi connectivity index (χ1v) is 14.6. The summed E-state index contributed by atoms with van der Waals surface area (Å²) in [7, 11) is 0. The van der Waals surface area contributed by atoms with E-state index in [1.165, 1.54) is 0 Å². The van der Waals surface area contributed by atoms with Crippen molar-refractivity contribution in [2.24, 2.45) is 21.6 Å². The van der Waals surface area contributed by atoms with E-state index >= 15 is 0 Å². The normalized spacial score (nSPS) is 17.4. The molecule has 3 N–H and O–H groups in total. The predicted octanol–water partition coefficient (Wildman–Crippen LogP) is 5.62. The fourth-order valence-electron chi connectivity index (χ4n) is 4.81. The molecule has 1 amide bonds. The highest BCUT2D eigenvalue weighted by molar-refractivity contribution is 6.02. The lowest BCUT2D eigenvalue weighted by Gasteiger charge is -2.36. The number of nitrogens with two attached hydrogens (primary N) is 1. The van der Waals surface area contributed by atoms with Gasteiger partial charge < -0.3 is 16.0 Å².